The molecule has 0 aliphatic rings. The van der Waals surface area contributed by atoms with Crippen LogP contribution in [-0.4, -0.2) is 30.2 Å². The number of rotatable bonds is 7. The predicted octanol–water partition coefficient (Wildman–Crippen LogP) is 4.46. The molecule has 0 atom stereocenters. The van der Waals surface area contributed by atoms with Crippen molar-refractivity contribution >= 4 is 23.0 Å². The number of likely N-dealkylation sites (N-methyl/N-ethyl adjacent to an activating group) is 1. The molecule has 0 unspecified atom stereocenters. The van der Waals surface area contributed by atoms with Crippen molar-refractivity contribution in [3.05, 3.63) is 87.4 Å². The smallest absolute Gasteiger partial charge is 0.260 e. The molecule has 0 radical (unpaired) electrons. The number of ketones is 1. The van der Waals surface area contributed by atoms with Gasteiger partial charge in [0.2, 0.25) is 0 Å². The summed E-state index contributed by atoms with van der Waals surface area (Å²) < 4.78 is 18.5. The minimum absolute atomic E-state index is 0.0772. The van der Waals surface area contributed by atoms with E-state index in [0.29, 0.717) is 23.4 Å². The average Bonchev–Trinajstić information content (AvgIpc) is 3.11. The van der Waals surface area contributed by atoms with Gasteiger partial charge in [0.15, 0.2) is 12.4 Å². The van der Waals surface area contributed by atoms with E-state index in [-0.39, 0.29) is 24.1 Å². The van der Waals surface area contributed by atoms with E-state index in [0.717, 1.165) is 4.88 Å². The molecule has 4 nitrogen and oxygen atoms in total. The highest BCUT2D eigenvalue weighted by Crippen LogP contribution is 2.18. The van der Waals surface area contributed by atoms with E-state index in [1.54, 1.807) is 47.5 Å². The molecular formula is C22H20FNO3S. The lowest BCUT2D eigenvalue weighted by atomic mass is 10.0. The average molecular weight is 397 g/mol. The molecule has 144 valence electrons. The molecule has 0 saturated carbocycles. The summed E-state index contributed by atoms with van der Waals surface area (Å²) in [6, 6.07) is 14.0. The number of aryl methyl sites for hydroxylation is 1. The van der Waals surface area contributed by atoms with Gasteiger partial charge in [-0.2, -0.15) is 0 Å². The van der Waals surface area contributed by atoms with E-state index < -0.39 is 0 Å². The first kappa shape index (κ1) is 19.8. The van der Waals surface area contributed by atoms with Gasteiger partial charge >= 0.3 is 0 Å². The first-order chi connectivity index (χ1) is 13.4. The van der Waals surface area contributed by atoms with Crippen molar-refractivity contribution < 1.29 is 18.7 Å². The van der Waals surface area contributed by atoms with Gasteiger partial charge in [-0.25, -0.2) is 4.39 Å². The highest BCUT2D eigenvalue weighted by Gasteiger charge is 2.13. The monoisotopic (exact) mass is 397 g/mol. The lowest BCUT2D eigenvalue weighted by Crippen LogP contribution is -2.30. The molecule has 1 heterocycles. The highest BCUT2D eigenvalue weighted by molar-refractivity contribution is 7.10. The Kier molecular flexibility index (Phi) is 6.21. The fourth-order valence-electron chi connectivity index (χ4n) is 2.60. The number of amides is 1. The summed E-state index contributed by atoms with van der Waals surface area (Å²) in [6.07, 6.45) is 0. The van der Waals surface area contributed by atoms with Crippen molar-refractivity contribution in [3.8, 4) is 5.75 Å². The minimum Gasteiger partial charge on any atom is -0.484 e. The molecule has 0 bridgehead atoms. The van der Waals surface area contributed by atoms with Crippen LogP contribution in [0.1, 0.15) is 26.4 Å². The largest absolute Gasteiger partial charge is 0.484 e. The van der Waals surface area contributed by atoms with E-state index in [1.165, 1.54) is 29.8 Å². The van der Waals surface area contributed by atoms with Crippen LogP contribution in [0.2, 0.25) is 0 Å². The number of benzene rings is 2. The minimum atomic E-state index is -0.385. The van der Waals surface area contributed by atoms with Gasteiger partial charge in [0.05, 0.1) is 6.54 Å². The Bertz CT molecular complexity index is 964. The fraction of sp³-hybridized carbons (Fsp3) is 0.182. The highest BCUT2D eigenvalue weighted by atomic mass is 32.1. The van der Waals surface area contributed by atoms with Crippen LogP contribution >= 0.6 is 11.3 Å². The molecule has 0 N–H and O–H groups in total. The number of halogens is 1. The van der Waals surface area contributed by atoms with Crippen LogP contribution in [0.4, 0.5) is 4.39 Å². The molecular weight excluding hydrogens is 377 g/mol. The Morgan fingerprint density at radius 1 is 1.00 bits per heavy atom. The number of nitrogens with zero attached hydrogens (tertiary/aromatic N) is 1. The first-order valence-electron chi connectivity index (χ1n) is 8.74. The second-order valence-electron chi connectivity index (χ2n) is 6.43. The van der Waals surface area contributed by atoms with Crippen molar-refractivity contribution in [1.29, 1.82) is 0 Å². The number of thiophene rings is 1. The molecule has 1 aromatic heterocycles. The number of carbonyl (C=O) groups is 2. The van der Waals surface area contributed by atoms with Crippen molar-refractivity contribution in [1.82, 2.24) is 4.90 Å². The normalized spacial score (nSPS) is 10.5. The quantitative estimate of drug-likeness (QED) is 0.553. The van der Waals surface area contributed by atoms with Crippen LogP contribution in [0.25, 0.3) is 0 Å². The number of ether oxygens (including phenoxy) is 1. The van der Waals surface area contributed by atoms with Gasteiger partial charge in [-0.15, -0.1) is 11.3 Å². The molecule has 3 rings (SSSR count). The maximum atomic E-state index is 13.0. The van der Waals surface area contributed by atoms with Crippen LogP contribution in [0, 0.1) is 12.7 Å². The Labute approximate surface area is 167 Å². The standard InChI is InChI=1S/C22H20FNO3S/c1-15-11-12-28-20(15)13-24(2)21(25)14-27-19-9-5-17(6-10-19)22(26)16-3-7-18(23)8-4-16/h3-12H,13-14H2,1-2H3. The fourth-order valence-corrected chi connectivity index (χ4v) is 3.55. The third kappa shape index (κ3) is 4.84. The maximum Gasteiger partial charge on any atom is 0.260 e. The summed E-state index contributed by atoms with van der Waals surface area (Å²) in [5, 5.41) is 2.01. The van der Waals surface area contributed by atoms with Gasteiger partial charge in [0, 0.05) is 23.1 Å². The summed E-state index contributed by atoms with van der Waals surface area (Å²) in [7, 11) is 1.75. The van der Waals surface area contributed by atoms with Crippen LogP contribution in [-0.2, 0) is 11.3 Å². The molecule has 0 saturated heterocycles. The Morgan fingerprint density at radius 2 is 1.61 bits per heavy atom. The first-order valence-corrected chi connectivity index (χ1v) is 9.62. The lowest BCUT2D eigenvalue weighted by Gasteiger charge is -2.17. The molecule has 1 amide bonds. The number of hydrogen-bond donors (Lipinski definition) is 0. The van der Waals surface area contributed by atoms with Crippen LogP contribution in [0.5, 0.6) is 5.75 Å². The SMILES string of the molecule is Cc1ccsc1CN(C)C(=O)COc1ccc(C(=O)c2ccc(F)cc2)cc1. The molecule has 0 spiro atoms. The molecule has 6 heteroatoms. The van der Waals surface area contributed by atoms with Crippen LogP contribution < -0.4 is 4.74 Å². The van der Waals surface area contributed by atoms with Crippen LogP contribution in [0.15, 0.2) is 60.0 Å². The summed E-state index contributed by atoms with van der Waals surface area (Å²) in [5.74, 6) is -0.207. The zero-order valence-electron chi connectivity index (χ0n) is 15.6. The second kappa shape index (κ2) is 8.80. The third-order valence-electron chi connectivity index (χ3n) is 4.36. The third-order valence-corrected chi connectivity index (χ3v) is 5.37. The van der Waals surface area contributed by atoms with Crippen LogP contribution in [0.3, 0.4) is 0 Å². The van der Waals surface area contributed by atoms with E-state index >= 15 is 0 Å². The van der Waals surface area contributed by atoms with E-state index in [2.05, 4.69) is 0 Å². The molecule has 0 aliphatic heterocycles. The summed E-state index contributed by atoms with van der Waals surface area (Å²) in [5.41, 5.74) is 2.05. The Morgan fingerprint density at radius 3 is 2.18 bits per heavy atom. The summed E-state index contributed by atoms with van der Waals surface area (Å²) in [4.78, 5) is 27.4. The lowest BCUT2D eigenvalue weighted by molar-refractivity contribution is -0.132. The van der Waals surface area contributed by atoms with Gasteiger partial charge in [-0.3, -0.25) is 9.59 Å². The number of hydrogen-bond acceptors (Lipinski definition) is 4. The molecule has 0 aliphatic carbocycles. The Balaban J connectivity index is 1.55. The molecule has 28 heavy (non-hydrogen) atoms. The van der Waals surface area contributed by atoms with Crippen molar-refractivity contribution in [2.45, 2.75) is 13.5 Å². The molecule has 0 fully saturated rings. The van der Waals surface area contributed by atoms with E-state index in [4.69, 9.17) is 4.74 Å². The van der Waals surface area contributed by atoms with Gasteiger partial charge in [0.1, 0.15) is 11.6 Å². The summed E-state index contributed by atoms with van der Waals surface area (Å²) >= 11 is 1.63. The van der Waals surface area contributed by atoms with Gasteiger partial charge in [0.25, 0.3) is 5.91 Å². The molecule has 3 aromatic rings. The van der Waals surface area contributed by atoms with Gasteiger partial charge in [-0.05, 0) is 72.5 Å². The topological polar surface area (TPSA) is 46.6 Å². The second-order valence-corrected chi connectivity index (χ2v) is 7.43. The maximum absolute atomic E-state index is 13.0. The van der Waals surface area contributed by atoms with Crippen molar-refractivity contribution in [2.75, 3.05) is 13.7 Å². The zero-order valence-corrected chi connectivity index (χ0v) is 16.5. The van der Waals surface area contributed by atoms with E-state index in [9.17, 15) is 14.0 Å². The van der Waals surface area contributed by atoms with Gasteiger partial charge in [-0.1, -0.05) is 0 Å². The van der Waals surface area contributed by atoms with E-state index in [1.807, 2.05) is 18.4 Å². The predicted molar refractivity (Wildman–Crippen MR) is 107 cm³/mol. The molecule has 2 aromatic carbocycles. The van der Waals surface area contributed by atoms with Gasteiger partial charge < -0.3 is 9.64 Å². The van der Waals surface area contributed by atoms with Crippen molar-refractivity contribution in [3.63, 3.8) is 0 Å². The zero-order chi connectivity index (χ0) is 20.1. The summed E-state index contributed by atoms with van der Waals surface area (Å²) in [6.45, 7) is 2.50. The Hall–Kier alpha value is -2.99. The number of carbonyl (C=O) groups excluding carboxylic acids is 2. The van der Waals surface area contributed by atoms with Crippen molar-refractivity contribution in [2.24, 2.45) is 0 Å².